The van der Waals surface area contributed by atoms with Gasteiger partial charge in [-0.1, -0.05) is 13.3 Å². The van der Waals surface area contributed by atoms with Crippen LogP contribution in [0.4, 0.5) is 10.7 Å². The predicted octanol–water partition coefficient (Wildman–Crippen LogP) is 4.40. The van der Waals surface area contributed by atoms with Gasteiger partial charge in [0.25, 0.3) is 0 Å². The third kappa shape index (κ3) is 2.48. The maximum absolute atomic E-state index is 12.4. The van der Waals surface area contributed by atoms with Crippen LogP contribution in [0.2, 0.25) is 0 Å². The van der Waals surface area contributed by atoms with Crippen molar-refractivity contribution in [1.82, 2.24) is 0 Å². The maximum Gasteiger partial charge on any atom is 0.178 e. The second-order valence-corrected chi connectivity index (χ2v) is 8.54. The maximum atomic E-state index is 12.4. The smallest absolute Gasteiger partial charge is 0.178 e. The Morgan fingerprint density at radius 1 is 1.33 bits per heavy atom. The van der Waals surface area contributed by atoms with Gasteiger partial charge < -0.3 is 11.1 Å². The molecule has 0 unspecified atom stereocenters. The molecule has 0 aromatic carbocycles. The summed E-state index contributed by atoms with van der Waals surface area (Å²) < 4.78 is 0. The van der Waals surface area contributed by atoms with E-state index in [4.69, 9.17) is 5.73 Å². The summed E-state index contributed by atoms with van der Waals surface area (Å²) in [6.07, 6.45) is 8.53. The quantitative estimate of drug-likeness (QED) is 0.766. The van der Waals surface area contributed by atoms with Gasteiger partial charge in [-0.2, -0.15) is 0 Å². The number of rotatable bonds is 6. The average molecular weight is 304 g/mol. The molecular formula is C17H24N2OS. The molecule has 3 aliphatic carbocycles. The molecule has 1 aromatic rings. The number of anilines is 2. The lowest BCUT2D eigenvalue weighted by atomic mass is 9.70. The Kier molecular flexibility index (Phi) is 3.07. The van der Waals surface area contributed by atoms with Gasteiger partial charge in [-0.25, -0.2) is 0 Å². The summed E-state index contributed by atoms with van der Waals surface area (Å²) in [7, 11) is 0. The number of thiophene rings is 1. The first-order valence-electron chi connectivity index (χ1n) is 8.28. The fourth-order valence-electron chi connectivity index (χ4n) is 3.33. The Labute approximate surface area is 130 Å². The highest BCUT2D eigenvalue weighted by molar-refractivity contribution is 7.19. The summed E-state index contributed by atoms with van der Waals surface area (Å²) in [4.78, 5) is 13.2. The van der Waals surface area contributed by atoms with Gasteiger partial charge in [0, 0.05) is 18.0 Å². The average Bonchev–Trinajstić information content (AvgIpc) is 3.31. The van der Waals surface area contributed by atoms with Crippen LogP contribution in [0.5, 0.6) is 0 Å². The normalized spacial score (nSPS) is 23.7. The fourth-order valence-corrected chi connectivity index (χ4v) is 4.55. The van der Waals surface area contributed by atoms with Crippen LogP contribution in [-0.4, -0.2) is 12.3 Å². The summed E-state index contributed by atoms with van der Waals surface area (Å²) in [6, 6.07) is 0. The lowest BCUT2D eigenvalue weighted by Gasteiger charge is -2.38. The van der Waals surface area contributed by atoms with E-state index in [0.717, 1.165) is 30.0 Å². The molecule has 1 heterocycles. The van der Waals surface area contributed by atoms with E-state index in [1.54, 1.807) is 11.3 Å². The SMILES string of the molecule is CC1(CNc2sc(C(=O)C3CC3)c(N)c2C2CC2)CCC1. The zero-order valence-electron chi connectivity index (χ0n) is 12.7. The molecule has 0 atom stereocenters. The van der Waals surface area contributed by atoms with Crippen molar-refractivity contribution in [2.24, 2.45) is 11.3 Å². The highest BCUT2D eigenvalue weighted by atomic mass is 32.1. The van der Waals surface area contributed by atoms with Crippen molar-refractivity contribution in [2.45, 2.75) is 57.8 Å². The molecule has 3 N–H and O–H groups in total. The van der Waals surface area contributed by atoms with Crippen LogP contribution in [0.15, 0.2) is 0 Å². The number of Topliss-reactive ketones (excluding diaryl/α,β-unsaturated/α-hetero) is 1. The molecule has 0 radical (unpaired) electrons. The number of nitrogens with two attached hydrogens (primary N) is 1. The van der Waals surface area contributed by atoms with Gasteiger partial charge >= 0.3 is 0 Å². The monoisotopic (exact) mass is 304 g/mol. The molecular weight excluding hydrogens is 280 g/mol. The van der Waals surface area contributed by atoms with Crippen molar-refractivity contribution in [2.75, 3.05) is 17.6 Å². The van der Waals surface area contributed by atoms with Crippen LogP contribution in [0, 0.1) is 11.3 Å². The minimum atomic E-state index is 0.259. The number of nitrogens with one attached hydrogen (secondary N) is 1. The number of nitrogen functional groups attached to an aromatic ring is 1. The zero-order valence-corrected chi connectivity index (χ0v) is 13.5. The third-order valence-corrected chi connectivity index (χ3v) is 6.57. The van der Waals surface area contributed by atoms with E-state index in [1.807, 2.05) is 0 Å². The molecule has 0 saturated heterocycles. The van der Waals surface area contributed by atoms with Crippen LogP contribution in [0.25, 0.3) is 0 Å². The molecule has 114 valence electrons. The van der Waals surface area contributed by atoms with Crippen molar-refractivity contribution in [3.05, 3.63) is 10.4 Å². The minimum Gasteiger partial charge on any atom is -0.397 e. The van der Waals surface area contributed by atoms with Gasteiger partial charge in [-0.3, -0.25) is 4.79 Å². The number of carbonyl (C=O) groups is 1. The van der Waals surface area contributed by atoms with E-state index in [-0.39, 0.29) is 5.92 Å². The van der Waals surface area contributed by atoms with Gasteiger partial charge in [-0.15, -0.1) is 11.3 Å². The van der Waals surface area contributed by atoms with E-state index in [2.05, 4.69) is 12.2 Å². The van der Waals surface area contributed by atoms with E-state index < -0.39 is 0 Å². The minimum absolute atomic E-state index is 0.259. The van der Waals surface area contributed by atoms with Gasteiger partial charge in [-0.05, 0) is 49.9 Å². The molecule has 0 aliphatic heterocycles. The highest BCUT2D eigenvalue weighted by Crippen LogP contribution is 2.52. The lowest BCUT2D eigenvalue weighted by Crippen LogP contribution is -2.33. The fraction of sp³-hybridized carbons (Fsp3) is 0.706. The Bertz CT molecular complexity index is 580. The molecule has 0 bridgehead atoms. The van der Waals surface area contributed by atoms with E-state index >= 15 is 0 Å². The lowest BCUT2D eigenvalue weighted by molar-refractivity contribution is 0.0972. The van der Waals surface area contributed by atoms with Crippen LogP contribution >= 0.6 is 11.3 Å². The van der Waals surface area contributed by atoms with Crippen molar-refractivity contribution < 1.29 is 4.79 Å². The van der Waals surface area contributed by atoms with Crippen molar-refractivity contribution in [1.29, 1.82) is 0 Å². The van der Waals surface area contributed by atoms with E-state index in [0.29, 0.717) is 17.1 Å². The summed E-state index contributed by atoms with van der Waals surface area (Å²) in [5, 5.41) is 4.83. The molecule has 1 aromatic heterocycles. The van der Waals surface area contributed by atoms with Gasteiger partial charge in [0.05, 0.1) is 15.6 Å². The molecule has 0 spiro atoms. The van der Waals surface area contributed by atoms with Gasteiger partial charge in [0.1, 0.15) is 0 Å². The first-order valence-corrected chi connectivity index (χ1v) is 9.09. The first kappa shape index (κ1) is 13.6. The molecule has 3 saturated carbocycles. The largest absolute Gasteiger partial charge is 0.397 e. The van der Waals surface area contributed by atoms with Gasteiger partial charge in [0.2, 0.25) is 0 Å². The Morgan fingerprint density at radius 2 is 2.05 bits per heavy atom. The van der Waals surface area contributed by atoms with Crippen molar-refractivity contribution in [3.8, 4) is 0 Å². The Hall–Kier alpha value is -1.03. The van der Waals surface area contributed by atoms with Crippen LogP contribution in [0.3, 0.4) is 0 Å². The Balaban J connectivity index is 1.58. The standard InChI is InChI=1S/C17H24N2OS/c1-17(7-2-8-17)9-19-16-12(10-3-4-10)13(18)15(21-16)14(20)11-5-6-11/h10-11,19H,2-9,18H2,1H3. The van der Waals surface area contributed by atoms with Crippen molar-refractivity contribution >= 4 is 27.8 Å². The number of hydrogen-bond acceptors (Lipinski definition) is 4. The summed E-state index contributed by atoms with van der Waals surface area (Å²) in [6.45, 7) is 3.37. The van der Waals surface area contributed by atoms with Crippen LogP contribution in [-0.2, 0) is 0 Å². The third-order valence-electron chi connectivity index (χ3n) is 5.38. The molecule has 4 rings (SSSR count). The van der Waals surface area contributed by atoms with E-state index in [1.165, 1.54) is 42.7 Å². The second-order valence-electron chi connectivity index (χ2n) is 7.52. The summed E-state index contributed by atoms with van der Waals surface area (Å²) >= 11 is 1.62. The van der Waals surface area contributed by atoms with E-state index in [9.17, 15) is 4.79 Å². The molecule has 3 nitrogen and oxygen atoms in total. The first-order chi connectivity index (χ1) is 10.1. The number of ketones is 1. The number of carbonyl (C=O) groups excluding carboxylic acids is 1. The Morgan fingerprint density at radius 3 is 2.57 bits per heavy atom. The zero-order chi connectivity index (χ0) is 14.6. The topological polar surface area (TPSA) is 55.1 Å². The summed E-state index contributed by atoms with van der Waals surface area (Å²) in [5.74, 6) is 1.15. The molecule has 3 fully saturated rings. The molecule has 4 heteroatoms. The van der Waals surface area contributed by atoms with Crippen molar-refractivity contribution in [3.63, 3.8) is 0 Å². The van der Waals surface area contributed by atoms with Crippen LogP contribution < -0.4 is 11.1 Å². The van der Waals surface area contributed by atoms with Crippen LogP contribution in [0.1, 0.15) is 73.0 Å². The second kappa shape index (κ2) is 4.73. The molecule has 0 amide bonds. The molecule has 3 aliphatic rings. The summed E-state index contributed by atoms with van der Waals surface area (Å²) in [5.41, 5.74) is 8.84. The predicted molar refractivity (Wildman–Crippen MR) is 88.2 cm³/mol. The highest BCUT2D eigenvalue weighted by Gasteiger charge is 2.38. The number of hydrogen-bond donors (Lipinski definition) is 2. The molecule has 21 heavy (non-hydrogen) atoms. The van der Waals surface area contributed by atoms with Gasteiger partial charge in [0.15, 0.2) is 5.78 Å².